The van der Waals surface area contributed by atoms with Crippen LogP contribution in [0.15, 0.2) is 73.1 Å². The zero-order chi connectivity index (χ0) is 20.6. The Morgan fingerprint density at radius 2 is 1.90 bits per heavy atom. The molecule has 148 valence electrons. The molecule has 1 aromatic heterocycles. The fourth-order valence-electron chi connectivity index (χ4n) is 2.75. The summed E-state index contributed by atoms with van der Waals surface area (Å²) in [5.74, 6) is 0.00572. The van der Waals surface area contributed by atoms with E-state index in [-0.39, 0.29) is 11.8 Å². The Morgan fingerprint density at radius 1 is 1.07 bits per heavy atom. The number of benzene rings is 2. The van der Waals surface area contributed by atoms with Crippen molar-refractivity contribution >= 4 is 17.5 Å². The third kappa shape index (κ3) is 5.65. The molecule has 2 aromatic carbocycles. The van der Waals surface area contributed by atoms with E-state index in [1.54, 1.807) is 49.6 Å². The number of hydrogen-bond donors (Lipinski definition) is 2. The van der Waals surface area contributed by atoms with Gasteiger partial charge in [-0.05, 0) is 55.3 Å². The van der Waals surface area contributed by atoms with Crippen LogP contribution in [0.4, 0.5) is 5.69 Å². The van der Waals surface area contributed by atoms with Crippen LogP contribution in [0.25, 0.3) is 0 Å². The lowest BCUT2D eigenvalue weighted by Gasteiger charge is -2.16. The molecule has 0 fully saturated rings. The number of aromatic nitrogens is 1. The predicted molar refractivity (Wildman–Crippen MR) is 112 cm³/mol. The summed E-state index contributed by atoms with van der Waals surface area (Å²) in [4.78, 5) is 29.2. The first-order valence-corrected chi connectivity index (χ1v) is 9.33. The number of rotatable bonds is 7. The minimum atomic E-state index is -0.719. The summed E-state index contributed by atoms with van der Waals surface area (Å²) in [7, 11) is 0. The molecule has 0 radical (unpaired) electrons. The number of para-hydroxylation sites is 1. The monoisotopic (exact) mass is 389 g/mol. The summed E-state index contributed by atoms with van der Waals surface area (Å²) < 4.78 is 5.72. The quantitative estimate of drug-likeness (QED) is 0.645. The van der Waals surface area contributed by atoms with E-state index >= 15 is 0 Å². The highest BCUT2D eigenvalue weighted by molar-refractivity contribution is 6.04. The van der Waals surface area contributed by atoms with Crippen molar-refractivity contribution in [2.45, 2.75) is 26.5 Å². The van der Waals surface area contributed by atoms with E-state index in [9.17, 15) is 9.59 Å². The topological polar surface area (TPSA) is 80.3 Å². The highest BCUT2D eigenvalue weighted by Crippen LogP contribution is 2.18. The van der Waals surface area contributed by atoms with Crippen LogP contribution in [0.3, 0.4) is 0 Å². The molecule has 29 heavy (non-hydrogen) atoms. The van der Waals surface area contributed by atoms with Gasteiger partial charge in [0.1, 0.15) is 5.75 Å². The van der Waals surface area contributed by atoms with Gasteiger partial charge in [0, 0.05) is 18.9 Å². The van der Waals surface area contributed by atoms with Crippen LogP contribution >= 0.6 is 0 Å². The van der Waals surface area contributed by atoms with Gasteiger partial charge in [-0.2, -0.15) is 0 Å². The van der Waals surface area contributed by atoms with Gasteiger partial charge in [-0.1, -0.05) is 30.3 Å². The van der Waals surface area contributed by atoms with Crippen molar-refractivity contribution in [2.24, 2.45) is 0 Å². The maximum Gasteiger partial charge on any atom is 0.265 e. The number of anilines is 1. The van der Waals surface area contributed by atoms with Crippen molar-refractivity contribution in [3.63, 3.8) is 0 Å². The van der Waals surface area contributed by atoms with Gasteiger partial charge in [0.25, 0.3) is 11.8 Å². The molecule has 6 heteroatoms. The van der Waals surface area contributed by atoms with E-state index in [0.717, 1.165) is 11.1 Å². The maximum atomic E-state index is 12.6. The minimum absolute atomic E-state index is 0.281. The number of aryl methyl sites for hydroxylation is 1. The van der Waals surface area contributed by atoms with Crippen molar-refractivity contribution in [1.29, 1.82) is 0 Å². The number of ether oxygens (including phenoxy) is 1. The summed E-state index contributed by atoms with van der Waals surface area (Å²) in [6.07, 6.45) is 2.65. The number of carbonyl (C=O) groups is 2. The number of nitrogens with one attached hydrogen (secondary N) is 2. The minimum Gasteiger partial charge on any atom is -0.481 e. The Labute approximate surface area is 169 Å². The smallest absolute Gasteiger partial charge is 0.265 e. The molecule has 0 saturated carbocycles. The average molecular weight is 389 g/mol. The van der Waals surface area contributed by atoms with Gasteiger partial charge in [-0.25, -0.2) is 0 Å². The van der Waals surface area contributed by atoms with E-state index in [1.807, 2.05) is 37.3 Å². The van der Waals surface area contributed by atoms with Crippen LogP contribution in [0, 0.1) is 6.92 Å². The lowest BCUT2D eigenvalue weighted by molar-refractivity contribution is -0.122. The van der Waals surface area contributed by atoms with E-state index in [4.69, 9.17) is 4.74 Å². The molecule has 1 heterocycles. The Hall–Kier alpha value is -3.67. The van der Waals surface area contributed by atoms with Gasteiger partial charge >= 0.3 is 0 Å². The second kappa shape index (κ2) is 9.50. The number of amides is 2. The number of hydrogen-bond acceptors (Lipinski definition) is 4. The molecule has 1 atom stereocenters. The van der Waals surface area contributed by atoms with E-state index in [1.165, 1.54) is 0 Å². The van der Waals surface area contributed by atoms with Crippen molar-refractivity contribution in [3.05, 3.63) is 89.7 Å². The fourth-order valence-corrected chi connectivity index (χ4v) is 2.75. The first kappa shape index (κ1) is 20.1. The van der Waals surface area contributed by atoms with Crippen LogP contribution in [0.2, 0.25) is 0 Å². The van der Waals surface area contributed by atoms with Gasteiger partial charge < -0.3 is 15.4 Å². The van der Waals surface area contributed by atoms with E-state index < -0.39 is 6.10 Å². The van der Waals surface area contributed by atoms with Crippen molar-refractivity contribution in [1.82, 2.24) is 10.3 Å². The van der Waals surface area contributed by atoms with Gasteiger partial charge in [0.05, 0.1) is 11.3 Å². The molecule has 0 spiro atoms. The van der Waals surface area contributed by atoms with Gasteiger partial charge in [-0.3, -0.25) is 14.6 Å². The SMILES string of the molecule is Cc1cccc(OC(C)C(=O)Nc2ccccc2C(=O)NCc2cccnc2)c1. The van der Waals surface area contributed by atoms with Crippen LogP contribution in [0.5, 0.6) is 5.75 Å². The molecule has 0 bridgehead atoms. The normalized spacial score (nSPS) is 11.4. The van der Waals surface area contributed by atoms with E-state index in [2.05, 4.69) is 15.6 Å². The fraction of sp³-hybridized carbons (Fsp3) is 0.174. The summed E-state index contributed by atoms with van der Waals surface area (Å²) in [6, 6.07) is 18.1. The second-order valence-electron chi connectivity index (χ2n) is 6.66. The average Bonchev–Trinajstić information content (AvgIpc) is 2.73. The Morgan fingerprint density at radius 3 is 2.66 bits per heavy atom. The molecule has 3 aromatic rings. The lowest BCUT2D eigenvalue weighted by atomic mass is 10.1. The maximum absolute atomic E-state index is 12.6. The largest absolute Gasteiger partial charge is 0.481 e. The molecule has 0 saturated heterocycles. The molecule has 2 N–H and O–H groups in total. The van der Waals surface area contributed by atoms with Crippen LogP contribution in [-0.2, 0) is 11.3 Å². The van der Waals surface area contributed by atoms with Crippen molar-refractivity contribution < 1.29 is 14.3 Å². The number of nitrogens with zero attached hydrogens (tertiary/aromatic N) is 1. The molecule has 0 aliphatic rings. The molecule has 6 nitrogen and oxygen atoms in total. The Balaban J connectivity index is 1.64. The van der Waals surface area contributed by atoms with Crippen molar-refractivity contribution in [3.8, 4) is 5.75 Å². The first-order valence-electron chi connectivity index (χ1n) is 9.33. The van der Waals surface area contributed by atoms with Crippen LogP contribution in [0.1, 0.15) is 28.4 Å². The summed E-state index contributed by atoms with van der Waals surface area (Å²) in [5, 5.41) is 5.63. The first-order chi connectivity index (χ1) is 14.0. The number of pyridine rings is 1. The van der Waals surface area contributed by atoms with Gasteiger partial charge in [0.15, 0.2) is 6.10 Å². The molecule has 1 unspecified atom stereocenters. The Bertz CT molecular complexity index is 989. The second-order valence-corrected chi connectivity index (χ2v) is 6.66. The summed E-state index contributed by atoms with van der Waals surface area (Å²) >= 11 is 0. The molecular weight excluding hydrogens is 366 g/mol. The predicted octanol–water partition coefficient (Wildman–Crippen LogP) is 3.73. The van der Waals surface area contributed by atoms with Gasteiger partial charge in [0.2, 0.25) is 0 Å². The molecule has 3 rings (SSSR count). The standard InChI is InChI=1S/C23H23N3O3/c1-16-7-5-9-19(13-16)29-17(2)22(27)26-21-11-4-3-10-20(21)23(28)25-15-18-8-6-12-24-14-18/h3-14,17H,15H2,1-2H3,(H,25,28)(H,26,27). The Kier molecular flexibility index (Phi) is 6.58. The zero-order valence-corrected chi connectivity index (χ0v) is 16.4. The van der Waals surface area contributed by atoms with Crippen LogP contribution < -0.4 is 15.4 Å². The molecule has 0 aliphatic carbocycles. The third-order valence-corrected chi connectivity index (χ3v) is 4.28. The highest BCUT2D eigenvalue weighted by Gasteiger charge is 2.18. The third-order valence-electron chi connectivity index (χ3n) is 4.28. The summed E-state index contributed by atoms with van der Waals surface area (Å²) in [6.45, 7) is 3.97. The van der Waals surface area contributed by atoms with Crippen molar-refractivity contribution in [2.75, 3.05) is 5.32 Å². The van der Waals surface area contributed by atoms with E-state index in [0.29, 0.717) is 23.5 Å². The molecular formula is C23H23N3O3. The molecule has 2 amide bonds. The zero-order valence-electron chi connectivity index (χ0n) is 16.4. The van der Waals surface area contributed by atoms with Crippen LogP contribution in [-0.4, -0.2) is 22.9 Å². The number of carbonyl (C=O) groups excluding carboxylic acids is 2. The lowest BCUT2D eigenvalue weighted by Crippen LogP contribution is -2.31. The highest BCUT2D eigenvalue weighted by atomic mass is 16.5. The van der Waals surface area contributed by atoms with Gasteiger partial charge in [-0.15, -0.1) is 0 Å². The molecule has 0 aliphatic heterocycles. The summed E-state index contributed by atoms with van der Waals surface area (Å²) in [5.41, 5.74) is 2.75.